The molecule has 0 amide bonds. The van der Waals surface area contributed by atoms with Crippen molar-refractivity contribution in [2.24, 2.45) is 0 Å². The van der Waals surface area contributed by atoms with E-state index in [2.05, 4.69) is 111 Å². The number of allylic oxidation sites excluding steroid dienone is 1. The largest absolute Gasteiger partial charge is 0.502 e. The molecule has 2 aromatic heterocycles. The monoisotopic (exact) mass is 471 g/mol. The molecule has 0 spiro atoms. The first kappa shape index (κ1) is 24.0. The maximum absolute atomic E-state index is 5.68. The van der Waals surface area contributed by atoms with Crippen molar-refractivity contribution < 1.29 is 9.30 Å². The molecular formula is C30H35N2OS+. The van der Waals surface area contributed by atoms with Crippen molar-refractivity contribution in [1.29, 1.82) is 0 Å². The summed E-state index contributed by atoms with van der Waals surface area (Å²) in [6, 6.07) is 13.4. The van der Waals surface area contributed by atoms with Crippen LogP contribution in [0.25, 0.3) is 11.4 Å². The number of aromatic nitrogens is 2. The third-order valence-electron chi connectivity index (χ3n) is 6.27. The predicted molar refractivity (Wildman–Crippen MR) is 143 cm³/mol. The smallest absolute Gasteiger partial charge is 0.279 e. The summed E-state index contributed by atoms with van der Waals surface area (Å²) in [4.78, 5) is 1.29. The standard InChI is InChI=1S/C30H35N2OS/c1-8-33-14-11-26(27-10-9-15-34-27)30-31(28-22(4)16-20(2)17-23(28)5)12-13-32(30)29-24(6)18-21(3)19-25(29)7/h9-19,26H,8H2,1-7H3/q+1/b14-11-. The molecule has 2 heterocycles. The Morgan fingerprint density at radius 2 is 1.56 bits per heavy atom. The van der Waals surface area contributed by atoms with E-state index in [0.717, 1.165) is 0 Å². The summed E-state index contributed by atoms with van der Waals surface area (Å²) in [6.45, 7) is 15.8. The Labute approximate surface area is 208 Å². The molecule has 0 saturated carbocycles. The molecule has 4 rings (SSSR count). The van der Waals surface area contributed by atoms with Crippen molar-refractivity contribution in [3.8, 4) is 11.4 Å². The molecule has 0 bridgehead atoms. The molecule has 2 aromatic carbocycles. The van der Waals surface area contributed by atoms with Crippen LogP contribution in [0, 0.1) is 41.5 Å². The second kappa shape index (κ2) is 10.0. The summed E-state index contributed by atoms with van der Waals surface area (Å²) >= 11 is 1.78. The summed E-state index contributed by atoms with van der Waals surface area (Å²) in [7, 11) is 0. The van der Waals surface area contributed by atoms with E-state index in [1.807, 2.05) is 13.2 Å². The molecular weight excluding hydrogens is 436 g/mol. The van der Waals surface area contributed by atoms with E-state index in [-0.39, 0.29) is 5.92 Å². The minimum Gasteiger partial charge on any atom is -0.502 e. The van der Waals surface area contributed by atoms with Crippen molar-refractivity contribution >= 4 is 11.3 Å². The zero-order valence-corrected chi connectivity index (χ0v) is 22.2. The molecule has 34 heavy (non-hydrogen) atoms. The Balaban J connectivity index is 2.06. The van der Waals surface area contributed by atoms with Crippen LogP contribution < -0.4 is 4.57 Å². The van der Waals surface area contributed by atoms with E-state index in [4.69, 9.17) is 4.74 Å². The molecule has 0 aliphatic carbocycles. The summed E-state index contributed by atoms with van der Waals surface area (Å²) < 4.78 is 10.4. The second-order valence-electron chi connectivity index (χ2n) is 9.17. The number of hydrogen-bond acceptors (Lipinski definition) is 2. The Morgan fingerprint density at radius 3 is 2.12 bits per heavy atom. The van der Waals surface area contributed by atoms with Gasteiger partial charge in [-0.2, -0.15) is 9.13 Å². The fourth-order valence-electron chi connectivity index (χ4n) is 5.19. The lowest BCUT2D eigenvalue weighted by Gasteiger charge is -2.16. The van der Waals surface area contributed by atoms with Crippen LogP contribution in [0.2, 0.25) is 0 Å². The highest BCUT2D eigenvalue weighted by Gasteiger charge is 2.32. The highest BCUT2D eigenvalue weighted by atomic mass is 32.1. The molecule has 0 radical (unpaired) electrons. The molecule has 1 atom stereocenters. The summed E-state index contributed by atoms with van der Waals surface area (Å²) in [6.07, 6.45) is 8.48. The van der Waals surface area contributed by atoms with Gasteiger partial charge in [-0.3, -0.25) is 0 Å². The lowest BCUT2D eigenvalue weighted by Crippen LogP contribution is -2.38. The summed E-state index contributed by atoms with van der Waals surface area (Å²) in [5, 5.41) is 2.15. The van der Waals surface area contributed by atoms with Gasteiger partial charge in [-0.05, 0) is 88.2 Å². The Morgan fingerprint density at radius 1 is 0.941 bits per heavy atom. The van der Waals surface area contributed by atoms with Crippen LogP contribution in [-0.4, -0.2) is 11.2 Å². The Kier molecular flexibility index (Phi) is 7.08. The molecule has 0 N–H and O–H groups in total. The van der Waals surface area contributed by atoms with Crippen LogP contribution in [0.1, 0.15) is 56.9 Å². The topological polar surface area (TPSA) is 18.0 Å². The molecule has 4 heteroatoms. The van der Waals surface area contributed by atoms with Crippen molar-refractivity contribution in [2.45, 2.75) is 54.4 Å². The first-order valence-corrected chi connectivity index (χ1v) is 12.8. The third-order valence-corrected chi connectivity index (χ3v) is 7.23. The molecule has 0 saturated heterocycles. The number of ether oxygens (including phenoxy) is 1. The van der Waals surface area contributed by atoms with Crippen LogP contribution in [0.4, 0.5) is 0 Å². The van der Waals surface area contributed by atoms with Crippen LogP contribution in [-0.2, 0) is 4.74 Å². The number of hydrogen-bond donors (Lipinski definition) is 0. The zero-order valence-electron chi connectivity index (χ0n) is 21.3. The average Bonchev–Trinajstić information content (AvgIpc) is 3.41. The first-order chi connectivity index (χ1) is 16.3. The van der Waals surface area contributed by atoms with Gasteiger partial charge in [-0.1, -0.05) is 41.5 Å². The molecule has 3 nitrogen and oxygen atoms in total. The van der Waals surface area contributed by atoms with Crippen molar-refractivity contribution in [3.05, 3.63) is 111 Å². The minimum absolute atomic E-state index is 0.0433. The molecule has 0 aliphatic heterocycles. The lowest BCUT2D eigenvalue weighted by atomic mass is 10.0. The number of rotatable bonds is 7. The van der Waals surface area contributed by atoms with E-state index in [1.165, 1.54) is 55.5 Å². The van der Waals surface area contributed by atoms with Gasteiger partial charge in [0.15, 0.2) is 0 Å². The van der Waals surface area contributed by atoms with Gasteiger partial charge in [0.05, 0.1) is 12.9 Å². The Bertz CT molecular complexity index is 1210. The predicted octanol–water partition coefficient (Wildman–Crippen LogP) is 7.35. The van der Waals surface area contributed by atoms with Crippen molar-refractivity contribution in [1.82, 2.24) is 4.57 Å². The summed E-state index contributed by atoms with van der Waals surface area (Å²) in [5.41, 5.74) is 10.2. The Hall–Kier alpha value is -3.11. The highest BCUT2D eigenvalue weighted by molar-refractivity contribution is 7.10. The fourth-order valence-corrected chi connectivity index (χ4v) is 5.99. The number of benzene rings is 2. The van der Waals surface area contributed by atoms with Gasteiger partial charge < -0.3 is 4.74 Å². The van der Waals surface area contributed by atoms with E-state index >= 15 is 0 Å². The zero-order chi connectivity index (χ0) is 24.4. The fraction of sp³-hybridized carbons (Fsp3) is 0.300. The quantitative estimate of drug-likeness (QED) is 0.204. The maximum atomic E-state index is 5.68. The summed E-state index contributed by atoms with van der Waals surface area (Å²) in [5.74, 6) is 1.24. The second-order valence-corrected chi connectivity index (χ2v) is 10.1. The minimum atomic E-state index is 0.0433. The van der Waals surface area contributed by atoms with Gasteiger partial charge in [-0.25, -0.2) is 0 Å². The van der Waals surface area contributed by atoms with Gasteiger partial charge in [0.1, 0.15) is 29.7 Å². The van der Waals surface area contributed by atoms with E-state index in [9.17, 15) is 0 Å². The molecule has 1 unspecified atom stereocenters. The van der Waals surface area contributed by atoms with Crippen molar-refractivity contribution in [2.75, 3.05) is 6.61 Å². The number of nitrogens with zero attached hydrogens (tertiary/aromatic N) is 2. The van der Waals surface area contributed by atoms with Crippen LogP contribution >= 0.6 is 11.3 Å². The number of thiophene rings is 1. The highest BCUT2D eigenvalue weighted by Crippen LogP contribution is 2.33. The van der Waals surface area contributed by atoms with Gasteiger partial charge in [-0.15, -0.1) is 11.3 Å². The van der Waals surface area contributed by atoms with Crippen LogP contribution in [0.5, 0.6) is 0 Å². The van der Waals surface area contributed by atoms with E-state index < -0.39 is 0 Å². The maximum Gasteiger partial charge on any atom is 0.279 e. The van der Waals surface area contributed by atoms with Crippen molar-refractivity contribution in [3.63, 3.8) is 0 Å². The van der Waals surface area contributed by atoms with Gasteiger partial charge in [0.25, 0.3) is 5.82 Å². The average molecular weight is 472 g/mol. The van der Waals surface area contributed by atoms with Gasteiger partial charge in [0, 0.05) is 4.88 Å². The molecule has 4 aromatic rings. The normalized spacial score (nSPS) is 12.4. The van der Waals surface area contributed by atoms with E-state index in [0.29, 0.717) is 6.61 Å². The molecule has 0 fully saturated rings. The third kappa shape index (κ3) is 4.60. The van der Waals surface area contributed by atoms with Gasteiger partial charge in [0.2, 0.25) is 0 Å². The first-order valence-electron chi connectivity index (χ1n) is 11.9. The van der Waals surface area contributed by atoms with E-state index in [1.54, 1.807) is 11.3 Å². The number of imidazole rings is 1. The van der Waals surface area contributed by atoms with Crippen LogP contribution in [0.15, 0.2) is 66.5 Å². The molecule has 0 aliphatic rings. The lowest BCUT2D eigenvalue weighted by molar-refractivity contribution is -0.605. The molecule has 176 valence electrons. The number of aryl methyl sites for hydroxylation is 6. The van der Waals surface area contributed by atoms with Gasteiger partial charge >= 0.3 is 0 Å². The van der Waals surface area contributed by atoms with Crippen LogP contribution in [0.3, 0.4) is 0 Å². The SMILES string of the molecule is CCO/C=C\C(c1cccs1)c1n(-c2c(C)cc(C)cc2C)cc[n+]1-c1c(C)cc(C)cc1C.